The van der Waals surface area contributed by atoms with Crippen molar-refractivity contribution in [3.8, 4) is 17.1 Å². The number of hydrogen-bond acceptors (Lipinski definition) is 4. The molecule has 2 aromatic carbocycles. The zero-order valence-electron chi connectivity index (χ0n) is 17.2. The number of anilines is 1. The first-order valence-electron chi connectivity index (χ1n) is 10.6. The molecule has 3 heterocycles. The highest BCUT2D eigenvalue weighted by Crippen LogP contribution is 2.26. The summed E-state index contributed by atoms with van der Waals surface area (Å²) in [6, 6.07) is 22.4. The van der Waals surface area contributed by atoms with Gasteiger partial charge in [-0.15, -0.1) is 0 Å². The Morgan fingerprint density at radius 2 is 1.70 bits per heavy atom. The maximum Gasteiger partial charge on any atom is 0.160 e. The van der Waals surface area contributed by atoms with Gasteiger partial charge in [-0.2, -0.15) is 0 Å². The molecule has 1 saturated heterocycles. The van der Waals surface area contributed by atoms with Crippen molar-refractivity contribution in [1.82, 2.24) is 15.0 Å². The number of hydrogen-bond donors (Lipinski definition) is 1. The number of pyridine rings is 1. The number of H-pyrrole nitrogens is 1. The van der Waals surface area contributed by atoms with Gasteiger partial charge in [0, 0.05) is 18.7 Å². The summed E-state index contributed by atoms with van der Waals surface area (Å²) in [5, 5.41) is 0. The number of aromatic nitrogens is 3. The Labute approximate surface area is 176 Å². The van der Waals surface area contributed by atoms with Crippen LogP contribution in [0.25, 0.3) is 22.6 Å². The Morgan fingerprint density at radius 1 is 0.933 bits per heavy atom. The molecule has 1 fully saturated rings. The molecule has 5 heteroatoms. The van der Waals surface area contributed by atoms with Gasteiger partial charge in [0.25, 0.3) is 0 Å². The Balaban J connectivity index is 1.30. The third-order valence-corrected chi connectivity index (χ3v) is 5.81. The summed E-state index contributed by atoms with van der Waals surface area (Å²) in [5.41, 5.74) is 3.91. The van der Waals surface area contributed by atoms with Crippen molar-refractivity contribution >= 4 is 17.0 Å². The number of benzene rings is 2. The second kappa shape index (κ2) is 8.19. The zero-order valence-corrected chi connectivity index (χ0v) is 17.2. The van der Waals surface area contributed by atoms with E-state index in [2.05, 4.69) is 41.1 Å². The predicted molar refractivity (Wildman–Crippen MR) is 121 cm³/mol. The van der Waals surface area contributed by atoms with Crippen LogP contribution in [0.1, 0.15) is 25.3 Å². The molecule has 5 nitrogen and oxygen atoms in total. The lowest BCUT2D eigenvalue weighted by Crippen LogP contribution is -2.33. The summed E-state index contributed by atoms with van der Waals surface area (Å²) in [6.45, 7) is 5.04. The normalized spacial score (nSPS) is 14.9. The summed E-state index contributed by atoms with van der Waals surface area (Å²) in [4.78, 5) is 15.3. The van der Waals surface area contributed by atoms with Crippen LogP contribution >= 0.6 is 0 Å². The van der Waals surface area contributed by atoms with E-state index in [9.17, 15) is 0 Å². The van der Waals surface area contributed by atoms with Crippen LogP contribution in [0.15, 0.2) is 66.7 Å². The molecule has 0 radical (unpaired) electrons. The highest BCUT2D eigenvalue weighted by Gasteiger charge is 2.18. The Hall–Kier alpha value is -3.34. The molecule has 152 valence electrons. The number of imidazole rings is 1. The number of ether oxygens (including phenoxy) is 1. The van der Waals surface area contributed by atoms with Crippen LogP contribution in [-0.2, 0) is 6.61 Å². The van der Waals surface area contributed by atoms with Gasteiger partial charge >= 0.3 is 0 Å². The molecule has 0 aliphatic carbocycles. The molecule has 2 aromatic heterocycles. The van der Waals surface area contributed by atoms with Gasteiger partial charge in [-0.05, 0) is 60.7 Å². The van der Waals surface area contributed by atoms with E-state index in [4.69, 9.17) is 14.7 Å². The number of fused-ring (bicyclic) bond motifs is 1. The van der Waals surface area contributed by atoms with Crippen molar-refractivity contribution in [2.45, 2.75) is 26.4 Å². The number of aromatic amines is 1. The highest BCUT2D eigenvalue weighted by molar-refractivity contribution is 5.77. The van der Waals surface area contributed by atoms with Crippen molar-refractivity contribution in [2.24, 2.45) is 5.92 Å². The molecule has 0 saturated carbocycles. The third kappa shape index (κ3) is 4.01. The molecule has 0 bridgehead atoms. The summed E-state index contributed by atoms with van der Waals surface area (Å²) in [7, 11) is 0. The van der Waals surface area contributed by atoms with Gasteiger partial charge in [-0.1, -0.05) is 37.3 Å². The average molecular weight is 399 g/mol. The Kier molecular flexibility index (Phi) is 5.10. The first kappa shape index (κ1) is 18.7. The van der Waals surface area contributed by atoms with Crippen molar-refractivity contribution in [3.05, 3.63) is 72.3 Å². The standard InChI is InChI=1S/C25H26N4O/c1-18-13-15-29(16-14-18)23-12-11-22-25(27-23)28-24(26-22)20-7-9-21(10-8-20)30-17-19-5-3-2-4-6-19/h2-12,18H,13-17H2,1H3,(H,26,27,28). The van der Waals surface area contributed by atoms with Crippen molar-refractivity contribution in [1.29, 1.82) is 0 Å². The summed E-state index contributed by atoms with van der Waals surface area (Å²) >= 11 is 0. The fourth-order valence-corrected chi connectivity index (χ4v) is 3.88. The highest BCUT2D eigenvalue weighted by atomic mass is 16.5. The first-order chi connectivity index (χ1) is 14.7. The van der Waals surface area contributed by atoms with Crippen LogP contribution < -0.4 is 9.64 Å². The van der Waals surface area contributed by atoms with E-state index in [1.54, 1.807) is 0 Å². The maximum atomic E-state index is 5.88. The van der Waals surface area contributed by atoms with Crippen molar-refractivity contribution < 1.29 is 4.74 Å². The third-order valence-electron chi connectivity index (χ3n) is 5.81. The topological polar surface area (TPSA) is 54.0 Å². The number of nitrogens with zero attached hydrogens (tertiary/aromatic N) is 3. The van der Waals surface area contributed by atoms with Crippen LogP contribution in [0.4, 0.5) is 5.82 Å². The molecular weight excluding hydrogens is 372 g/mol. The van der Waals surface area contributed by atoms with E-state index in [0.29, 0.717) is 6.61 Å². The van der Waals surface area contributed by atoms with Gasteiger partial charge in [-0.25, -0.2) is 9.97 Å². The van der Waals surface area contributed by atoms with Gasteiger partial charge in [0.15, 0.2) is 5.65 Å². The minimum atomic E-state index is 0.562. The van der Waals surface area contributed by atoms with Crippen molar-refractivity contribution in [2.75, 3.05) is 18.0 Å². The molecule has 1 aliphatic heterocycles. The van der Waals surface area contributed by atoms with Crippen LogP contribution in [0.3, 0.4) is 0 Å². The summed E-state index contributed by atoms with van der Waals surface area (Å²) in [5.74, 6) is 3.52. The number of nitrogens with one attached hydrogen (secondary N) is 1. The van der Waals surface area contributed by atoms with Gasteiger partial charge in [0.2, 0.25) is 0 Å². The molecule has 1 aliphatic rings. The fraction of sp³-hybridized carbons (Fsp3) is 0.280. The summed E-state index contributed by atoms with van der Waals surface area (Å²) < 4.78 is 5.88. The van der Waals surface area contributed by atoms with E-state index >= 15 is 0 Å². The second-order valence-electron chi connectivity index (χ2n) is 8.09. The maximum absolute atomic E-state index is 5.88. The molecule has 30 heavy (non-hydrogen) atoms. The van der Waals surface area contributed by atoms with E-state index < -0.39 is 0 Å². The Bertz CT molecular complexity index is 1110. The van der Waals surface area contributed by atoms with Crippen LogP contribution in [0.5, 0.6) is 5.75 Å². The van der Waals surface area contributed by atoms with E-state index in [1.165, 1.54) is 12.8 Å². The minimum absolute atomic E-state index is 0.562. The number of rotatable bonds is 5. The van der Waals surface area contributed by atoms with Crippen LogP contribution in [0.2, 0.25) is 0 Å². The van der Waals surface area contributed by atoms with Gasteiger partial charge in [-0.3, -0.25) is 0 Å². The summed E-state index contributed by atoms with van der Waals surface area (Å²) in [6.07, 6.45) is 2.46. The fourth-order valence-electron chi connectivity index (χ4n) is 3.88. The first-order valence-corrected chi connectivity index (χ1v) is 10.6. The lowest BCUT2D eigenvalue weighted by Gasteiger charge is -2.31. The molecule has 4 aromatic rings. The molecule has 0 atom stereocenters. The molecular formula is C25H26N4O. The lowest BCUT2D eigenvalue weighted by molar-refractivity contribution is 0.306. The van der Waals surface area contributed by atoms with Gasteiger partial charge < -0.3 is 14.6 Å². The van der Waals surface area contributed by atoms with E-state index in [1.807, 2.05) is 42.5 Å². The quantitative estimate of drug-likeness (QED) is 0.486. The number of piperidine rings is 1. The second-order valence-corrected chi connectivity index (χ2v) is 8.09. The SMILES string of the molecule is CC1CCN(c2ccc3nc(-c4ccc(OCc5ccccc5)cc4)[nH]c3n2)CC1. The predicted octanol–water partition coefficient (Wildman–Crippen LogP) is 5.44. The Morgan fingerprint density at radius 3 is 2.47 bits per heavy atom. The largest absolute Gasteiger partial charge is 0.489 e. The van der Waals surface area contributed by atoms with Gasteiger partial charge in [0.1, 0.15) is 29.5 Å². The molecule has 5 rings (SSSR count). The average Bonchev–Trinajstić information content (AvgIpc) is 3.23. The molecule has 0 unspecified atom stereocenters. The van der Waals surface area contributed by atoms with Crippen LogP contribution in [0, 0.1) is 5.92 Å². The lowest BCUT2D eigenvalue weighted by atomic mass is 9.99. The molecule has 1 N–H and O–H groups in total. The molecule has 0 amide bonds. The van der Waals surface area contributed by atoms with E-state index in [0.717, 1.165) is 58.7 Å². The van der Waals surface area contributed by atoms with Crippen molar-refractivity contribution in [3.63, 3.8) is 0 Å². The minimum Gasteiger partial charge on any atom is -0.489 e. The monoisotopic (exact) mass is 398 g/mol. The van der Waals surface area contributed by atoms with Gasteiger partial charge in [0.05, 0.1) is 0 Å². The van der Waals surface area contributed by atoms with E-state index in [-0.39, 0.29) is 0 Å². The zero-order chi connectivity index (χ0) is 20.3. The molecule has 0 spiro atoms. The smallest absolute Gasteiger partial charge is 0.160 e. The van der Waals surface area contributed by atoms with Crippen LogP contribution in [-0.4, -0.2) is 28.0 Å².